The Morgan fingerprint density at radius 2 is 2.11 bits per heavy atom. The van der Waals surface area contributed by atoms with Crippen molar-refractivity contribution in [1.82, 2.24) is 4.90 Å². The van der Waals surface area contributed by atoms with Crippen LogP contribution >= 0.6 is 15.9 Å². The van der Waals surface area contributed by atoms with E-state index in [1.54, 1.807) is 0 Å². The van der Waals surface area contributed by atoms with E-state index in [1.165, 1.54) is 11.3 Å². The third-order valence-electron chi connectivity index (χ3n) is 3.64. The molecule has 2 N–H and O–H groups in total. The van der Waals surface area contributed by atoms with Gasteiger partial charge in [0.05, 0.1) is 5.69 Å². The molecular formula is C14H22BrN3. The highest BCUT2D eigenvalue weighted by atomic mass is 79.9. The summed E-state index contributed by atoms with van der Waals surface area (Å²) in [5.74, 6) is 0. The maximum Gasteiger partial charge on any atom is 0.0514 e. The molecule has 100 valence electrons. The van der Waals surface area contributed by atoms with Crippen LogP contribution in [0.2, 0.25) is 0 Å². The van der Waals surface area contributed by atoms with Crippen LogP contribution in [0.25, 0.3) is 0 Å². The number of anilines is 1. The zero-order valence-corrected chi connectivity index (χ0v) is 12.9. The van der Waals surface area contributed by atoms with Gasteiger partial charge < -0.3 is 15.5 Å². The van der Waals surface area contributed by atoms with Gasteiger partial charge in [0.25, 0.3) is 0 Å². The first-order valence-corrected chi connectivity index (χ1v) is 7.28. The minimum Gasteiger partial charge on any atom is -0.365 e. The fraction of sp³-hybridized carbons (Fsp3) is 0.571. The van der Waals surface area contributed by atoms with Gasteiger partial charge in [-0.3, -0.25) is 0 Å². The van der Waals surface area contributed by atoms with Crippen molar-refractivity contribution in [2.75, 3.05) is 31.6 Å². The van der Waals surface area contributed by atoms with Crippen LogP contribution in [0.15, 0.2) is 22.7 Å². The number of rotatable bonds is 2. The van der Waals surface area contributed by atoms with Crippen molar-refractivity contribution in [2.45, 2.75) is 25.9 Å². The summed E-state index contributed by atoms with van der Waals surface area (Å²) in [6.45, 7) is 7.60. The van der Waals surface area contributed by atoms with Gasteiger partial charge in [-0.25, -0.2) is 0 Å². The summed E-state index contributed by atoms with van der Waals surface area (Å²) >= 11 is 3.68. The van der Waals surface area contributed by atoms with Crippen LogP contribution in [0.1, 0.15) is 25.5 Å². The van der Waals surface area contributed by atoms with Gasteiger partial charge in [-0.15, -0.1) is 0 Å². The number of hydrogen-bond acceptors (Lipinski definition) is 3. The maximum absolute atomic E-state index is 5.92. The van der Waals surface area contributed by atoms with Gasteiger partial charge in [0.1, 0.15) is 0 Å². The van der Waals surface area contributed by atoms with E-state index in [0.717, 1.165) is 24.1 Å². The van der Waals surface area contributed by atoms with E-state index in [1.807, 2.05) is 6.92 Å². The molecule has 1 unspecified atom stereocenters. The minimum atomic E-state index is 0.0836. The zero-order chi connectivity index (χ0) is 13.3. The highest BCUT2D eigenvalue weighted by Gasteiger charge is 2.23. The van der Waals surface area contributed by atoms with Gasteiger partial charge in [-0.2, -0.15) is 0 Å². The van der Waals surface area contributed by atoms with Crippen molar-refractivity contribution in [2.24, 2.45) is 5.73 Å². The second kappa shape index (κ2) is 5.59. The quantitative estimate of drug-likeness (QED) is 0.911. The smallest absolute Gasteiger partial charge is 0.0514 e. The molecule has 1 aliphatic heterocycles. The van der Waals surface area contributed by atoms with Crippen LogP contribution in [-0.2, 0) is 0 Å². The van der Waals surface area contributed by atoms with E-state index < -0.39 is 0 Å². The summed E-state index contributed by atoms with van der Waals surface area (Å²) in [5, 5.41) is 0. The van der Waals surface area contributed by atoms with Gasteiger partial charge in [0, 0.05) is 36.2 Å². The SMILES string of the molecule is CC1CN(C)CCN1c1ccc([C@@H](C)N)cc1Br. The molecule has 1 heterocycles. The lowest BCUT2D eigenvalue weighted by atomic mass is 10.1. The molecule has 3 nitrogen and oxygen atoms in total. The van der Waals surface area contributed by atoms with Crippen molar-refractivity contribution in [3.05, 3.63) is 28.2 Å². The van der Waals surface area contributed by atoms with E-state index in [0.29, 0.717) is 6.04 Å². The van der Waals surface area contributed by atoms with Crippen LogP contribution in [0, 0.1) is 0 Å². The van der Waals surface area contributed by atoms with Crippen molar-refractivity contribution in [3.63, 3.8) is 0 Å². The third kappa shape index (κ3) is 2.87. The molecule has 0 aromatic heterocycles. The van der Waals surface area contributed by atoms with Crippen molar-refractivity contribution in [1.29, 1.82) is 0 Å². The standard InChI is InChI=1S/C14H22BrN3/c1-10-9-17(3)6-7-18(10)14-5-4-12(11(2)16)8-13(14)15/h4-5,8,10-11H,6-7,9,16H2,1-3H3/t10?,11-/m1/s1. The van der Waals surface area contributed by atoms with Crippen LogP contribution in [-0.4, -0.2) is 37.6 Å². The number of halogens is 1. The van der Waals surface area contributed by atoms with Gasteiger partial charge in [0.15, 0.2) is 0 Å². The molecule has 2 atom stereocenters. The largest absolute Gasteiger partial charge is 0.365 e. The Labute approximate surface area is 118 Å². The molecule has 0 bridgehead atoms. The van der Waals surface area contributed by atoms with E-state index in [-0.39, 0.29) is 6.04 Å². The van der Waals surface area contributed by atoms with E-state index in [4.69, 9.17) is 5.73 Å². The highest BCUT2D eigenvalue weighted by Crippen LogP contribution is 2.31. The molecule has 1 aromatic rings. The fourth-order valence-corrected chi connectivity index (χ4v) is 3.16. The average Bonchev–Trinajstić information content (AvgIpc) is 2.30. The van der Waals surface area contributed by atoms with Crippen molar-refractivity contribution >= 4 is 21.6 Å². The molecule has 1 aliphatic rings. The number of piperazine rings is 1. The number of nitrogens with two attached hydrogens (primary N) is 1. The first-order valence-electron chi connectivity index (χ1n) is 6.49. The van der Waals surface area contributed by atoms with Gasteiger partial charge in [-0.1, -0.05) is 6.07 Å². The summed E-state index contributed by atoms with van der Waals surface area (Å²) in [7, 11) is 2.18. The lowest BCUT2D eigenvalue weighted by Gasteiger charge is -2.40. The number of likely N-dealkylation sites (N-methyl/N-ethyl adjacent to an activating group) is 1. The molecule has 1 saturated heterocycles. The van der Waals surface area contributed by atoms with Crippen LogP contribution in [0.3, 0.4) is 0 Å². The first kappa shape index (κ1) is 13.8. The molecule has 2 rings (SSSR count). The molecule has 18 heavy (non-hydrogen) atoms. The average molecular weight is 312 g/mol. The summed E-state index contributed by atoms with van der Waals surface area (Å²) in [6.07, 6.45) is 0. The Morgan fingerprint density at radius 3 is 2.67 bits per heavy atom. The second-order valence-corrected chi connectivity index (χ2v) is 6.16. The number of nitrogens with zero attached hydrogens (tertiary/aromatic N) is 2. The van der Waals surface area contributed by atoms with E-state index in [9.17, 15) is 0 Å². The highest BCUT2D eigenvalue weighted by molar-refractivity contribution is 9.10. The van der Waals surface area contributed by atoms with E-state index in [2.05, 4.69) is 57.9 Å². The van der Waals surface area contributed by atoms with Gasteiger partial charge in [0.2, 0.25) is 0 Å². The van der Waals surface area contributed by atoms with Crippen LogP contribution < -0.4 is 10.6 Å². The first-order chi connectivity index (χ1) is 8.49. The van der Waals surface area contributed by atoms with E-state index >= 15 is 0 Å². The van der Waals surface area contributed by atoms with Gasteiger partial charge >= 0.3 is 0 Å². The third-order valence-corrected chi connectivity index (χ3v) is 4.27. The van der Waals surface area contributed by atoms with Crippen molar-refractivity contribution in [3.8, 4) is 0 Å². The van der Waals surface area contributed by atoms with Crippen molar-refractivity contribution < 1.29 is 0 Å². The zero-order valence-electron chi connectivity index (χ0n) is 11.4. The minimum absolute atomic E-state index is 0.0836. The molecule has 0 spiro atoms. The maximum atomic E-state index is 5.92. The summed E-state index contributed by atoms with van der Waals surface area (Å²) in [6, 6.07) is 7.09. The molecule has 0 saturated carbocycles. The molecule has 1 fully saturated rings. The summed E-state index contributed by atoms with van der Waals surface area (Å²) in [5.41, 5.74) is 8.37. The summed E-state index contributed by atoms with van der Waals surface area (Å²) in [4.78, 5) is 4.85. The second-order valence-electron chi connectivity index (χ2n) is 5.30. The Bertz CT molecular complexity index is 420. The molecule has 1 aromatic carbocycles. The fourth-order valence-electron chi connectivity index (χ4n) is 2.54. The lowest BCUT2D eigenvalue weighted by molar-refractivity contribution is 0.275. The normalized spacial score (nSPS) is 23.2. The molecule has 0 radical (unpaired) electrons. The monoisotopic (exact) mass is 311 g/mol. The Kier molecular flexibility index (Phi) is 4.30. The Balaban J connectivity index is 2.23. The predicted octanol–water partition coefficient (Wildman–Crippen LogP) is 2.61. The van der Waals surface area contributed by atoms with Gasteiger partial charge in [-0.05, 0) is 54.5 Å². The molecule has 4 heteroatoms. The summed E-state index contributed by atoms with van der Waals surface area (Å²) < 4.78 is 1.15. The Morgan fingerprint density at radius 1 is 1.39 bits per heavy atom. The molecule has 0 amide bonds. The topological polar surface area (TPSA) is 32.5 Å². The molecule has 0 aliphatic carbocycles. The number of benzene rings is 1. The number of hydrogen-bond donors (Lipinski definition) is 1. The Hall–Kier alpha value is -0.580. The van der Waals surface area contributed by atoms with Crippen LogP contribution in [0.4, 0.5) is 5.69 Å². The van der Waals surface area contributed by atoms with Crippen LogP contribution in [0.5, 0.6) is 0 Å². The molecular weight excluding hydrogens is 290 g/mol. The lowest BCUT2D eigenvalue weighted by Crippen LogP contribution is -2.50. The predicted molar refractivity (Wildman–Crippen MR) is 81.0 cm³/mol.